The van der Waals surface area contributed by atoms with Gasteiger partial charge in [0.25, 0.3) is 0 Å². The van der Waals surface area contributed by atoms with E-state index in [1.165, 1.54) is 17.7 Å². The van der Waals surface area contributed by atoms with Gasteiger partial charge in [0.15, 0.2) is 0 Å². The first-order valence-corrected chi connectivity index (χ1v) is 7.71. The molecule has 2 saturated carbocycles. The lowest BCUT2D eigenvalue weighted by molar-refractivity contribution is -0.126. The lowest BCUT2D eigenvalue weighted by Crippen LogP contribution is -2.39. The van der Waals surface area contributed by atoms with Crippen molar-refractivity contribution in [1.29, 1.82) is 0 Å². The zero-order valence-corrected chi connectivity index (χ0v) is 12.1. The first kappa shape index (κ1) is 12.8. The molecule has 2 amide bonds. The van der Waals surface area contributed by atoms with E-state index in [0.29, 0.717) is 35.3 Å². The number of hydrogen-bond donors (Lipinski definition) is 0. The minimum absolute atomic E-state index is 0.0353. The highest BCUT2D eigenvalue weighted by atomic mass is 16.2. The zero-order chi connectivity index (χ0) is 14.6. The molecular formula is C18H19NO2. The lowest BCUT2D eigenvalue weighted by atomic mass is 9.83. The van der Waals surface area contributed by atoms with Crippen LogP contribution in [0.15, 0.2) is 42.5 Å². The number of carbonyl (C=O) groups excluding carboxylic acids is 2. The summed E-state index contributed by atoms with van der Waals surface area (Å²) < 4.78 is 0. The molecule has 3 heteroatoms. The van der Waals surface area contributed by atoms with Gasteiger partial charge in [-0.3, -0.25) is 14.5 Å². The summed E-state index contributed by atoms with van der Waals surface area (Å²) in [4.78, 5) is 25.7. The monoisotopic (exact) mass is 281 g/mol. The number of imide groups is 1. The van der Waals surface area contributed by atoms with Crippen LogP contribution in [0.2, 0.25) is 0 Å². The van der Waals surface area contributed by atoms with Crippen molar-refractivity contribution in [2.45, 2.75) is 19.8 Å². The molecule has 0 unspecified atom stereocenters. The summed E-state index contributed by atoms with van der Waals surface area (Å²) in [5, 5.41) is 0. The van der Waals surface area contributed by atoms with Gasteiger partial charge in [0, 0.05) is 5.92 Å². The molecule has 2 fully saturated rings. The second-order valence-corrected chi connectivity index (χ2v) is 6.70. The standard InChI is InChI=1S/C18H19NO2/c1-12-14-7-8-15(18(14)9-10-18)16(12)17(21)19(11-20)13-5-3-2-4-6-13/h2-8,11-12,14-16H,9-10H2,1H3/t12-,14+,15+,16-/m0/s1. The summed E-state index contributed by atoms with van der Waals surface area (Å²) in [6, 6.07) is 9.22. The molecule has 2 bridgehead atoms. The molecule has 108 valence electrons. The Hall–Kier alpha value is -1.90. The van der Waals surface area contributed by atoms with Crippen molar-refractivity contribution in [3.05, 3.63) is 42.5 Å². The average Bonchev–Trinajstić information content (AvgIpc) is 3.16. The molecule has 3 aliphatic carbocycles. The summed E-state index contributed by atoms with van der Waals surface area (Å²) in [5.41, 5.74) is 1.02. The Kier molecular flexibility index (Phi) is 2.62. The fraction of sp³-hybridized carbons (Fsp3) is 0.444. The molecular weight excluding hydrogens is 262 g/mol. The van der Waals surface area contributed by atoms with Crippen molar-refractivity contribution in [2.24, 2.45) is 29.1 Å². The minimum Gasteiger partial charge on any atom is -0.278 e. The van der Waals surface area contributed by atoms with E-state index in [0.717, 1.165) is 0 Å². The quantitative estimate of drug-likeness (QED) is 0.631. The maximum Gasteiger partial charge on any atom is 0.237 e. The van der Waals surface area contributed by atoms with Crippen molar-refractivity contribution in [1.82, 2.24) is 0 Å². The largest absolute Gasteiger partial charge is 0.278 e. The maximum atomic E-state index is 13.0. The van der Waals surface area contributed by atoms with Gasteiger partial charge in [0.2, 0.25) is 12.3 Å². The van der Waals surface area contributed by atoms with Gasteiger partial charge in [-0.15, -0.1) is 0 Å². The molecule has 0 saturated heterocycles. The van der Waals surface area contributed by atoms with E-state index < -0.39 is 0 Å². The first-order chi connectivity index (χ1) is 10.2. The van der Waals surface area contributed by atoms with E-state index in [2.05, 4.69) is 19.1 Å². The van der Waals surface area contributed by atoms with Gasteiger partial charge in [-0.1, -0.05) is 37.3 Å². The van der Waals surface area contributed by atoms with Crippen LogP contribution < -0.4 is 4.90 Å². The van der Waals surface area contributed by atoms with Crippen LogP contribution in [0.1, 0.15) is 19.8 Å². The maximum absolute atomic E-state index is 13.0. The van der Waals surface area contributed by atoms with Crippen molar-refractivity contribution in [3.63, 3.8) is 0 Å². The third-order valence-electron chi connectivity index (χ3n) is 5.86. The van der Waals surface area contributed by atoms with Crippen LogP contribution in [0.4, 0.5) is 5.69 Å². The van der Waals surface area contributed by atoms with Crippen molar-refractivity contribution < 1.29 is 9.59 Å². The Balaban J connectivity index is 1.66. The van der Waals surface area contributed by atoms with Gasteiger partial charge in [-0.2, -0.15) is 0 Å². The summed E-state index contributed by atoms with van der Waals surface area (Å²) in [6.45, 7) is 2.17. The Labute approximate surface area is 124 Å². The molecule has 0 aliphatic heterocycles. The van der Waals surface area contributed by atoms with Crippen molar-refractivity contribution in [2.75, 3.05) is 4.90 Å². The highest BCUT2D eigenvalue weighted by Gasteiger charge is 2.67. The number of amides is 2. The molecule has 0 N–H and O–H groups in total. The predicted octanol–water partition coefficient (Wildman–Crippen LogP) is 3.02. The molecule has 0 heterocycles. The van der Waals surface area contributed by atoms with E-state index in [9.17, 15) is 9.59 Å². The highest BCUT2D eigenvalue weighted by molar-refractivity contribution is 6.08. The molecule has 3 aliphatic rings. The molecule has 21 heavy (non-hydrogen) atoms. The number of carbonyl (C=O) groups is 2. The third-order valence-corrected chi connectivity index (χ3v) is 5.86. The predicted molar refractivity (Wildman–Crippen MR) is 80.4 cm³/mol. The number of rotatable bonds is 3. The molecule has 1 aromatic carbocycles. The second kappa shape index (κ2) is 4.30. The van der Waals surface area contributed by atoms with Crippen LogP contribution in [0.25, 0.3) is 0 Å². The van der Waals surface area contributed by atoms with Crippen LogP contribution in [-0.4, -0.2) is 12.3 Å². The molecule has 1 spiro atoms. The number of para-hydroxylation sites is 1. The molecule has 0 radical (unpaired) electrons. The van der Waals surface area contributed by atoms with Crippen LogP contribution in [0, 0.1) is 29.1 Å². The molecule has 0 aromatic heterocycles. The molecule has 4 rings (SSSR count). The van der Waals surface area contributed by atoms with E-state index in [1.54, 1.807) is 0 Å². The topological polar surface area (TPSA) is 37.4 Å². The Morgan fingerprint density at radius 1 is 1.19 bits per heavy atom. The van der Waals surface area contributed by atoms with Gasteiger partial charge < -0.3 is 0 Å². The summed E-state index contributed by atoms with van der Waals surface area (Å²) in [7, 11) is 0. The van der Waals surface area contributed by atoms with Gasteiger partial charge in [0.05, 0.1) is 5.69 Å². The minimum atomic E-state index is -0.0482. The Bertz CT molecular complexity index is 617. The summed E-state index contributed by atoms with van der Waals surface area (Å²) in [6.07, 6.45) is 7.67. The SMILES string of the molecule is C[C@@H]1[C@H](C(=O)N(C=O)c2ccccc2)[C@H]2C=C[C@H]1C21CC1. The lowest BCUT2D eigenvalue weighted by Gasteiger charge is -2.27. The summed E-state index contributed by atoms with van der Waals surface area (Å²) >= 11 is 0. The van der Waals surface area contributed by atoms with E-state index in [-0.39, 0.29) is 11.8 Å². The number of hydrogen-bond acceptors (Lipinski definition) is 2. The third kappa shape index (κ3) is 1.60. The number of benzene rings is 1. The fourth-order valence-corrected chi connectivity index (χ4v) is 4.75. The van der Waals surface area contributed by atoms with Gasteiger partial charge in [-0.05, 0) is 48.1 Å². The summed E-state index contributed by atoms with van der Waals surface area (Å²) in [5.74, 6) is 1.11. The Morgan fingerprint density at radius 2 is 1.86 bits per heavy atom. The first-order valence-electron chi connectivity index (χ1n) is 7.71. The van der Waals surface area contributed by atoms with Gasteiger partial charge in [0.1, 0.15) is 0 Å². The van der Waals surface area contributed by atoms with E-state index in [4.69, 9.17) is 0 Å². The van der Waals surface area contributed by atoms with Crippen molar-refractivity contribution in [3.8, 4) is 0 Å². The molecule has 4 atom stereocenters. The normalized spacial score (nSPS) is 34.1. The average molecular weight is 281 g/mol. The number of allylic oxidation sites excluding steroid dienone is 2. The van der Waals surface area contributed by atoms with Crippen LogP contribution in [0.5, 0.6) is 0 Å². The molecule has 1 aromatic rings. The van der Waals surface area contributed by atoms with Crippen LogP contribution >= 0.6 is 0 Å². The highest BCUT2D eigenvalue weighted by Crippen LogP contribution is 2.72. The molecule has 3 nitrogen and oxygen atoms in total. The van der Waals surface area contributed by atoms with E-state index >= 15 is 0 Å². The second-order valence-electron chi connectivity index (χ2n) is 6.70. The zero-order valence-electron chi connectivity index (χ0n) is 12.1. The van der Waals surface area contributed by atoms with Gasteiger partial charge >= 0.3 is 0 Å². The van der Waals surface area contributed by atoms with E-state index in [1.807, 2.05) is 30.3 Å². The van der Waals surface area contributed by atoms with Crippen LogP contribution in [-0.2, 0) is 9.59 Å². The van der Waals surface area contributed by atoms with Crippen molar-refractivity contribution >= 4 is 18.0 Å². The fourth-order valence-electron chi connectivity index (χ4n) is 4.75. The number of nitrogens with zero attached hydrogens (tertiary/aromatic N) is 1. The van der Waals surface area contributed by atoms with Crippen LogP contribution in [0.3, 0.4) is 0 Å². The number of anilines is 1. The Morgan fingerprint density at radius 3 is 2.43 bits per heavy atom. The smallest absolute Gasteiger partial charge is 0.237 e. The van der Waals surface area contributed by atoms with Gasteiger partial charge in [-0.25, -0.2) is 0 Å².